The van der Waals surface area contributed by atoms with E-state index in [1.807, 2.05) is 27.7 Å². The van der Waals surface area contributed by atoms with Gasteiger partial charge in [0.15, 0.2) is 0 Å². The van der Waals surface area contributed by atoms with Crippen LogP contribution in [0.1, 0.15) is 38.1 Å². The number of aryl methyl sites for hydroxylation is 1. The molecule has 1 aromatic rings. The van der Waals surface area contributed by atoms with Crippen molar-refractivity contribution >= 4 is 5.97 Å². The number of carboxylic acids is 1. The van der Waals surface area contributed by atoms with Crippen LogP contribution in [-0.4, -0.2) is 16.1 Å². The minimum atomic E-state index is -0.924. The molecule has 1 rings (SSSR count). The molecule has 0 fully saturated rings. The third-order valence-corrected chi connectivity index (χ3v) is 1.82. The molecule has 0 atom stereocenters. The van der Waals surface area contributed by atoms with Gasteiger partial charge in [-0.1, -0.05) is 20.8 Å². The maximum Gasteiger partial charge on any atom is 0.312 e. The highest BCUT2D eigenvalue weighted by Gasteiger charge is 2.23. The van der Waals surface area contributed by atoms with Gasteiger partial charge in [-0.25, -0.2) is 4.98 Å². The Hall–Kier alpha value is -1.32. The van der Waals surface area contributed by atoms with E-state index in [0.717, 1.165) is 11.5 Å². The third kappa shape index (κ3) is 2.34. The molecule has 0 aliphatic heterocycles. The van der Waals surface area contributed by atoms with E-state index in [-0.39, 0.29) is 17.7 Å². The highest BCUT2D eigenvalue weighted by Crippen LogP contribution is 2.26. The molecular weight excluding hydrogens is 182 g/mol. The summed E-state index contributed by atoms with van der Waals surface area (Å²) in [6, 6.07) is 0. The van der Waals surface area contributed by atoms with Crippen molar-refractivity contribution in [2.45, 2.75) is 39.5 Å². The van der Waals surface area contributed by atoms with Gasteiger partial charge in [-0.3, -0.25) is 4.79 Å². The number of aliphatic carboxylic acids is 1. The van der Waals surface area contributed by atoms with Crippen LogP contribution in [0.15, 0.2) is 4.42 Å². The summed E-state index contributed by atoms with van der Waals surface area (Å²) >= 11 is 0. The Morgan fingerprint density at radius 1 is 1.50 bits per heavy atom. The number of hydrogen-bond acceptors (Lipinski definition) is 3. The Bertz CT molecular complexity index is 347. The lowest BCUT2D eigenvalue weighted by Gasteiger charge is -2.14. The number of nitrogens with zero attached hydrogens (tertiary/aromatic N) is 1. The molecule has 1 aromatic heterocycles. The van der Waals surface area contributed by atoms with Crippen LogP contribution >= 0.6 is 0 Å². The van der Waals surface area contributed by atoms with Crippen molar-refractivity contribution in [3.05, 3.63) is 17.3 Å². The van der Waals surface area contributed by atoms with Crippen molar-refractivity contribution in [2.24, 2.45) is 0 Å². The van der Waals surface area contributed by atoms with Crippen molar-refractivity contribution in [1.29, 1.82) is 0 Å². The molecule has 0 saturated carbocycles. The molecule has 0 saturated heterocycles. The molecule has 78 valence electrons. The Labute approximate surface area is 83.0 Å². The van der Waals surface area contributed by atoms with Crippen LogP contribution in [0, 0.1) is 6.92 Å². The second-order valence-corrected chi connectivity index (χ2v) is 4.34. The van der Waals surface area contributed by atoms with Crippen molar-refractivity contribution in [1.82, 2.24) is 4.98 Å². The molecule has 0 aliphatic rings. The van der Waals surface area contributed by atoms with Crippen LogP contribution in [0.4, 0.5) is 0 Å². The standard InChI is InChI=1S/C10H15NO3/c1-6-9(10(2,3)4)14-7(11-6)5-8(12)13/h5H2,1-4H3,(H,12,13). The van der Waals surface area contributed by atoms with Crippen molar-refractivity contribution in [3.8, 4) is 0 Å². The van der Waals surface area contributed by atoms with E-state index in [1.54, 1.807) is 0 Å². The summed E-state index contributed by atoms with van der Waals surface area (Å²) in [5, 5.41) is 8.57. The number of rotatable bonds is 2. The molecule has 4 heteroatoms. The van der Waals surface area contributed by atoms with Gasteiger partial charge in [0.2, 0.25) is 5.89 Å². The van der Waals surface area contributed by atoms with E-state index < -0.39 is 5.97 Å². The highest BCUT2D eigenvalue weighted by molar-refractivity contribution is 5.68. The summed E-state index contributed by atoms with van der Waals surface area (Å²) in [7, 11) is 0. The first-order valence-corrected chi connectivity index (χ1v) is 4.49. The number of carbonyl (C=O) groups is 1. The van der Waals surface area contributed by atoms with E-state index in [9.17, 15) is 4.79 Å². The number of aromatic nitrogens is 1. The average molecular weight is 197 g/mol. The Morgan fingerprint density at radius 3 is 2.43 bits per heavy atom. The van der Waals surface area contributed by atoms with Gasteiger partial charge in [0.25, 0.3) is 0 Å². The van der Waals surface area contributed by atoms with Crippen LogP contribution in [0.25, 0.3) is 0 Å². The average Bonchev–Trinajstić information content (AvgIpc) is 2.27. The maximum absolute atomic E-state index is 10.4. The molecule has 14 heavy (non-hydrogen) atoms. The topological polar surface area (TPSA) is 63.3 Å². The highest BCUT2D eigenvalue weighted by atomic mass is 16.4. The molecule has 0 unspecified atom stereocenters. The van der Waals surface area contributed by atoms with Crippen molar-refractivity contribution in [3.63, 3.8) is 0 Å². The molecule has 4 nitrogen and oxygen atoms in total. The van der Waals surface area contributed by atoms with Crippen molar-refractivity contribution in [2.75, 3.05) is 0 Å². The van der Waals surface area contributed by atoms with Gasteiger partial charge in [-0.15, -0.1) is 0 Å². The van der Waals surface area contributed by atoms with Gasteiger partial charge >= 0.3 is 5.97 Å². The third-order valence-electron chi connectivity index (χ3n) is 1.82. The minimum Gasteiger partial charge on any atom is -0.481 e. The summed E-state index contributed by atoms with van der Waals surface area (Å²) < 4.78 is 5.40. The predicted molar refractivity (Wildman–Crippen MR) is 51.3 cm³/mol. The Morgan fingerprint density at radius 2 is 2.07 bits per heavy atom. The van der Waals surface area contributed by atoms with Gasteiger partial charge < -0.3 is 9.52 Å². The predicted octanol–water partition coefficient (Wildman–Crippen LogP) is 1.91. The van der Waals surface area contributed by atoms with Crippen LogP contribution < -0.4 is 0 Å². The molecule has 0 aromatic carbocycles. The second kappa shape index (κ2) is 3.44. The SMILES string of the molecule is Cc1nc(CC(=O)O)oc1C(C)(C)C. The molecular formula is C10H15NO3. The van der Waals surface area contributed by atoms with Crippen LogP contribution in [0.2, 0.25) is 0 Å². The molecule has 1 N–H and O–H groups in total. The Kier molecular flexibility index (Phi) is 2.64. The molecule has 0 bridgehead atoms. The van der Waals surface area contributed by atoms with E-state index in [4.69, 9.17) is 9.52 Å². The smallest absolute Gasteiger partial charge is 0.312 e. The molecule has 0 radical (unpaired) electrons. The molecule has 0 aliphatic carbocycles. The number of hydrogen-bond donors (Lipinski definition) is 1. The second-order valence-electron chi connectivity index (χ2n) is 4.34. The van der Waals surface area contributed by atoms with Gasteiger partial charge in [-0.05, 0) is 6.92 Å². The summed E-state index contributed by atoms with van der Waals surface area (Å²) in [6.45, 7) is 7.84. The van der Waals surface area contributed by atoms with E-state index in [1.165, 1.54) is 0 Å². The molecule has 0 amide bonds. The van der Waals surface area contributed by atoms with Gasteiger partial charge in [-0.2, -0.15) is 0 Å². The minimum absolute atomic E-state index is 0.131. The van der Waals surface area contributed by atoms with E-state index >= 15 is 0 Å². The summed E-state index contributed by atoms with van der Waals surface area (Å²) in [4.78, 5) is 14.5. The summed E-state index contributed by atoms with van der Waals surface area (Å²) in [5.74, 6) is 0.111. The quantitative estimate of drug-likeness (QED) is 0.786. The zero-order valence-electron chi connectivity index (χ0n) is 8.92. The first-order valence-electron chi connectivity index (χ1n) is 4.49. The van der Waals surface area contributed by atoms with Crippen LogP contribution in [0.5, 0.6) is 0 Å². The molecule has 0 spiro atoms. The summed E-state index contributed by atoms with van der Waals surface area (Å²) in [5.41, 5.74) is 0.641. The van der Waals surface area contributed by atoms with Crippen LogP contribution in [-0.2, 0) is 16.6 Å². The first kappa shape index (κ1) is 10.8. The fourth-order valence-corrected chi connectivity index (χ4v) is 1.35. The summed E-state index contributed by atoms with van der Waals surface area (Å²) in [6.07, 6.45) is -0.156. The fourth-order valence-electron chi connectivity index (χ4n) is 1.35. The lowest BCUT2D eigenvalue weighted by atomic mass is 9.92. The first-order chi connectivity index (χ1) is 6.30. The Balaban J connectivity index is 2.99. The maximum atomic E-state index is 10.4. The van der Waals surface area contributed by atoms with Crippen LogP contribution in [0.3, 0.4) is 0 Å². The van der Waals surface area contributed by atoms with Crippen molar-refractivity contribution < 1.29 is 14.3 Å². The molecule has 1 heterocycles. The number of oxazole rings is 1. The lowest BCUT2D eigenvalue weighted by molar-refractivity contribution is -0.136. The van der Waals surface area contributed by atoms with Gasteiger partial charge in [0.1, 0.15) is 12.2 Å². The zero-order valence-corrected chi connectivity index (χ0v) is 8.92. The monoisotopic (exact) mass is 197 g/mol. The van der Waals surface area contributed by atoms with Gasteiger partial charge in [0.05, 0.1) is 5.69 Å². The zero-order chi connectivity index (χ0) is 10.9. The van der Waals surface area contributed by atoms with E-state index in [0.29, 0.717) is 0 Å². The normalized spacial score (nSPS) is 11.7. The van der Waals surface area contributed by atoms with E-state index in [2.05, 4.69) is 4.98 Å². The largest absolute Gasteiger partial charge is 0.481 e. The number of carboxylic acid groups (broad SMARTS) is 1. The lowest BCUT2D eigenvalue weighted by Crippen LogP contribution is -2.11. The fraction of sp³-hybridized carbons (Fsp3) is 0.600. The van der Waals surface area contributed by atoms with Gasteiger partial charge in [0, 0.05) is 5.41 Å².